The van der Waals surface area contributed by atoms with E-state index < -0.39 is 0 Å². The van der Waals surface area contributed by atoms with Crippen LogP contribution in [0.1, 0.15) is 51.4 Å². The summed E-state index contributed by atoms with van der Waals surface area (Å²) in [6.07, 6.45) is 6.24. The van der Waals surface area contributed by atoms with Crippen LogP contribution in [0.4, 0.5) is 4.39 Å². The maximum absolute atomic E-state index is 14.3. The summed E-state index contributed by atoms with van der Waals surface area (Å²) >= 11 is 2.09. The van der Waals surface area contributed by atoms with Crippen LogP contribution in [0.25, 0.3) is 0 Å². The van der Waals surface area contributed by atoms with E-state index in [0.717, 1.165) is 22.0 Å². The van der Waals surface area contributed by atoms with Crippen molar-refractivity contribution in [1.82, 2.24) is 4.98 Å². The Morgan fingerprint density at radius 1 is 1.15 bits per heavy atom. The van der Waals surface area contributed by atoms with Crippen LogP contribution in [0.15, 0.2) is 60.9 Å². The average molecular weight is 471 g/mol. The summed E-state index contributed by atoms with van der Waals surface area (Å²) in [6.45, 7) is 0. The predicted octanol–water partition coefficient (Wildman–Crippen LogP) is 5.72. The second-order valence-electron chi connectivity index (χ2n) is 7.01. The fraction of sp³-hybridized carbons (Fsp3) is 0.217. The summed E-state index contributed by atoms with van der Waals surface area (Å²) in [5.74, 6) is 0.138. The molecule has 0 amide bonds. The second-order valence-corrected chi connectivity index (χ2v) is 8.25. The molecule has 2 nitrogen and oxygen atoms in total. The molecule has 0 spiro atoms. The molecule has 1 aliphatic rings. The molecule has 136 valence electrons. The number of fused-ring (bicyclic) bond motifs is 1. The quantitative estimate of drug-likeness (QED) is 0.352. The number of aromatic nitrogens is 1. The van der Waals surface area contributed by atoms with Crippen molar-refractivity contribution in [2.24, 2.45) is 0 Å². The average Bonchev–Trinajstić information content (AvgIpc) is 3.07. The number of carbonyl (C=O) groups is 1. The summed E-state index contributed by atoms with van der Waals surface area (Å²) in [6, 6.07) is 15.3. The van der Waals surface area contributed by atoms with Crippen LogP contribution < -0.4 is 0 Å². The van der Waals surface area contributed by atoms with Gasteiger partial charge in [-0.15, -0.1) is 0 Å². The molecule has 1 aliphatic carbocycles. The molecule has 27 heavy (non-hydrogen) atoms. The van der Waals surface area contributed by atoms with Gasteiger partial charge in [0.2, 0.25) is 0 Å². The van der Waals surface area contributed by atoms with Gasteiger partial charge >= 0.3 is 0 Å². The van der Waals surface area contributed by atoms with E-state index in [1.54, 1.807) is 24.5 Å². The zero-order valence-electron chi connectivity index (χ0n) is 14.8. The standard InChI is InChI=1S/C23H19FINO/c24-22-13-19(25)8-7-17(22)11-18-14-26-10-9-21(18)23(27)12-16-6-5-15-3-1-2-4-20(15)16/h1-4,7-10,13-14,16H,5-6,11-12H2. The monoisotopic (exact) mass is 471 g/mol. The first-order chi connectivity index (χ1) is 13.1. The number of hydrogen-bond acceptors (Lipinski definition) is 2. The maximum atomic E-state index is 14.3. The van der Waals surface area contributed by atoms with Crippen LogP contribution in [0.5, 0.6) is 0 Å². The van der Waals surface area contributed by atoms with Gasteiger partial charge < -0.3 is 0 Å². The van der Waals surface area contributed by atoms with E-state index in [4.69, 9.17) is 0 Å². The molecule has 4 rings (SSSR count). The van der Waals surface area contributed by atoms with E-state index in [0.29, 0.717) is 24.0 Å². The molecule has 3 aromatic rings. The summed E-state index contributed by atoms with van der Waals surface area (Å²) in [5.41, 5.74) is 4.68. The van der Waals surface area contributed by atoms with E-state index in [2.05, 4.69) is 45.8 Å². The first-order valence-corrected chi connectivity index (χ1v) is 10.2. The zero-order valence-corrected chi connectivity index (χ0v) is 16.9. The number of aryl methyl sites for hydroxylation is 1. The third kappa shape index (κ3) is 3.95. The lowest BCUT2D eigenvalue weighted by Crippen LogP contribution is -2.09. The van der Waals surface area contributed by atoms with Gasteiger partial charge in [0.25, 0.3) is 0 Å². The lowest BCUT2D eigenvalue weighted by Gasteiger charge is -2.13. The van der Waals surface area contributed by atoms with Crippen molar-refractivity contribution in [2.45, 2.75) is 31.6 Å². The van der Waals surface area contributed by atoms with Crippen molar-refractivity contribution >= 4 is 28.4 Å². The zero-order chi connectivity index (χ0) is 18.8. The van der Waals surface area contributed by atoms with Gasteiger partial charge in [-0.3, -0.25) is 9.78 Å². The summed E-state index contributed by atoms with van der Waals surface area (Å²) in [5, 5.41) is 0. The van der Waals surface area contributed by atoms with Crippen LogP contribution in [-0.4, -0.2) is 10.8 Å². The van der Waals surface area contributed by atoms with E-state index in [1.165, 1.54) is 17.2 Å². The Labute approximate surface area is 172 Å². The topological polar surface area (TPSA) is 30.0 Å². The summed E-state index contributed by atoms with van der Waals surface area (Å²) < 4.78 is 15.1. The molecular weight excluding hydrogens is 452 g/mol. The van der Waals surface area contributed by atoms with E-state index in [1.807, 2.05) is 12.1 Å². The lowest BCUT2D eigenvalue weighted by molar-refractivity contribution is 0.0972. The lowest BCUT2D eigenvalue weighted by atomic mass is 9.90. The van der Waals surface area contributed by atoms with E-state index in [-0.39, 0.29) is 17.5 Å². The minimum absolute atomic E-state index is 0.111. The number of halogens is 2. The van der Waals surface area contributed by atoms with Crippen molar-refractivity contribution in [2.75, 3.05) is 0 Å². The van der Waals surface area contributed by atoms with Crippen molar-refractivity contribution < 1.29 is 9.18 Å². The fourth-order valence-electron chi connectivity index (χ4n) is 3.90. The van der Waals surface area contributed by atoms with Crippen molar-refractivity contribution in [3.8, 4) is 0 Å². The molecule has 1 unspecified atom stereocenters. The summed E-state index contributed by atoms with van der Waals surface area (Å²) in [4.78, 5) is 17.2. The van der Waals surface area contributed by atoms with Gasteiger partial charge in [0.1, 0.15) is 5.82 Å². The number of hydrogen-bond donors (Lipinski definition) is 0. The Morgan fingerprint density at radius 3 is 2.85 bits per heavy atom. The smallest absolute Gasteiger partial charge is 0.163 e. The van der Waals surface area contributed by atoms with Crippen molar-refractivity contribution in [3.05, 3.63) is 98.1 Å². The number of nitrogens with zero attached hydrogens (tertiary/aromatic N) is 1. The molecule has 0 N–H and O–H groups in total. The minimum atomic E-state index is -0.242. The number of ketones is 1. The first kappa shape index (κ1) is 18.3. The minimum Gasteiger partial charge on any atom is -0.294 e. The Balaban J connectivity index is 1.57. The molecule has 0 radical (unpaired) electrons. The molecule has 0 saturated heterocycles. The SMILES string of the molecule is O=C(CC1CCc2ccccc21)c1ccncc1Cc1ccc(I)cc1F. The van der Waals surface area contributed by atoms with E-state index >= 15 is 0 Å². The van der Waals surface area contributed by atoms with Gasteiger partial charge in [-0.2, -0.15) is 0 Å². The number of carbonyl (C=O) groups excluding carboxylic acids is 1. The molecule has 0 saturated carbocycles. The van der Waals surface area contributed by atoms with Gasteiger partial charge in [0, 0.05) is 34.4 Å². The molecule has 0 fully saturated rings. The Kier molecular flexibility index (Phi) is 5.34. The first-order valence-electron chi connectivity index (χ1n) is 9.09. The molecule has 0 bridgehead atoms. The molecular formula is C23H19FINO. The number of pyridine rings is 1. The van der Waals surface area contributed by atoms with Crippen LogP contribution in [0.3, 0.4) is 0 Å². The van der Waals surface area contributed by atoms with Gasteiger partial charge in [-0.1, -0.05) is 30.3 Å². The van der Waals surface area contributed by atoms with Gasteiger partial charge in [-0.05, 0) is 81.8 Å². The molecule has 0 aliphatic heterocycles. The molecule has 1 heterocycles. The van der Waals surface area contributed by atoms with Crippen LogP contribution in [-0.2, 0) is 12.8 Å². The molecule has 2 aromatic carbocycles. The Bertz CT molecular complexity index is 1000. The summed E-state index contributed by atoms with van der Waals surface area (Å²) in [7, 11) is 0. The van der Waals surface area contributed by atoms with Crippen LogP contribution in [0, 0.1) is 9.39 Å². The highest BCUT2D eigenvalue weighted by molar-refractivity contribution is 14.1. The molecule has 1 atom stereocenters. The van der Waals surface area contributed by atoms with Crippen molar-refractivity contribution in [3.63, 3.8) is 0 Å². The largest absolute Gasteiger partial charge is 0.294 e. The third-order valence-corrected chi connectivity index (χ3v) is 5.96. The highest BCUT2D eigenvalue weighted by atomic mass is 127. The number of Topliss-reactive ketones (excluding diaryl/α,β-unsaturated/α-hetero) is 1. The second kappa shape index (κ2) is 7.89. The van der Waals surface area contributed by atoms with Crippen LogP contribution in [0.2, 0.25) is 0 Å². The van der Waals surface area contributed by atoms with Gasteiger partial charge in [-0.25, -0.2) is 4.39 Å². The number of rotatable bonds is 5. The van der Waals surface area contributed by atoms with Crippen LogP contribution >= 0.6 is 22.6 Å². The fourth-order valence-corrected chi connectivity index (χ4v) is 4.35. The molecule has 1 aromatic heterocycles. The van der Waals surface area contributed by atoms with Gasteiger partial charge in [0.05, 0.1) is 0 Å². The third-order valence-electron chi connectivity index (χ3n) is 5.29. The highest BCUT2D eigenvalue weighted by Gasteiger charge is 2.25. The Hall–Kier alpha value is -2.08. The Morgan fingerprint density at radius 2 is 2.00 bits per heavy atom. The molecule has 4 heteroatoms. The van der Waals surface area contributed by atoms with E-state index in [9.17, 15) is 9.18 Å². The maximum Gasteiger partial charge on any atom is 0.163 e. The predicted molar refractivity (Wildman–Crippen MR) is 113 cm³/mol. The highest BCUT2D eigenvalue weighted by Crippen LogP contribution is 2.36. The number of benzene rings is 2. The van der Waals surface area contributed by atoms with Gasteiger partial charge in [0.15, 0.2) is 5.78 Å². The normalized spacial score (nSPS) is 15.6. The van der Waals surface area contributed by atoms with Crippen molar-refractivity contribution in [1.29, 1.82) is 0 Å².